The largest absolute Gasteiger partial charge is 0.480 e. The lowest BCUT2D eigenvalue weighted by atomic mass is 10.1. The molecule has 0 radical (unpaired) electrons. The van der Waals surface area contributed by atoms with Gasteiger partial charge in [0, 0.05) is 5.69 Å². The quantitative estimate of drug-likeness (QED) is 0.432. The Morgan fingerprint density at radius 3 is 2.36 bits per heavy atom. The Labute approximate surface area is 174 Å². The lowest BCUT2D eigenvalue weighted by Gasteiger charge is -2.17. The highest BCUT2D eigenvalue weighted by Crippen LogP contribution is 2.33. The summed E-state index contributed by atoms with van der Waals surface area (Å²) < 4.78 is 0. The smallest absolute Gasteiger partial charge is 0.326 e. The normalized spacial score (nSPS) is 11.7. The van der Waals surface area contributed by atoms with E-state index in [-0.39, 0.29) is 12.3 Å². The molecule has 2 rings (SSSR count). The van der Waals surface area contributed by atoms with Crippen molar-refractivity contribution in [2.75, 3.05) is 11.9 Å². The topological polar surface area (TPSA) is 104 Å². The van der Waals surface area contributed by atoms with E-state index in [4.69, 9.17) is 28.9 Å². The molecule has 0 bridgehead atoms. The molecular formula is C20H23Cl2N3O3. The minimum Gasteiger partial charge on any atom is -0.480 e. The summed E-state index contributed by atoms with van der Waals surface area (Å²) in [5, 5.41) is 16.0. The summed E-state index contributed by atoms with van der Waals surface area (Å²) in [5.41, 5.74) is 7.35. The zero-order valence-corrected chi connectivity index (χ0v) is 16.8. The summed E-state index contributed by atoms with van der Waals surface area (Å²) in [6, 6.07) is 11.4. The average Bonchev–Trinajstić information content (AvgIpc) is 2.65. The van der Waals surface area contributed by atoms with Gasteiger partial charge >= 0.3 is 5.97 Å². The molecule has 5 N–H and O–H groups in total. The van der Waals surface area contributed by atoms with Gasteiger partial charge in [-0.25, -0.2) is 4.79 Å². The SMILES string of the molecule is NCCCC[C@@H](NC(=O)Cc1ccccc1Nc1c(Cl)cccc1Cl)C(=O)O. The van der Waals surface area contributed by atoms with E-state index in [1.807, 2.05) is 6.07 Å². The summed E-state index contributed by atoms with van der Waals surface area (Å²) >= 11 is 12.4. The molecule has 150 valence electrons. The summed E-state index contributed by atoms with van der Waals surface area (Å²) in [4.78, 5) is 23.8. The van der Waals surface area contributed by atoms with Crippen molar-refractivity contribution in [2.45, 2.75) is 31.7 Å². The lowest BCUT2D eigenvalue weighted by molar-refractivity contribution is -0.142. The van der Waals surface area contributed by atoms with Gasteiger partial charge in [-0.1, -0.05) is 47.5 Å². The van der Waals surface area contributed by atoms with Crippen LogP contribution in [0.4, 0.5) is 11.4 Å². The van der Waals surface area contributed by atoms with Crippen LogP contribution in [0.3, 0.4) is 0 Å². The number of nitrogens with two attached hydrogens (primary N) is 1. The molecule has 0 aliphatic heterocycles. The molecule has 2 aromatic rings. The number of benzene rings is 2. The minimum atomic E-state index is -1.06. The average molecular weight is 424 g/mol. The second-order valence-corrected chi connectivity index (χ2v) is 7.11. The van der Waals surface area contributed by atoms with E-state index in [2.05, 4.69) is 10.6 Å². The van der Waals surface area contributed by atoms with E-state index >= 15 is 0 Å². The predicted octanol–water partition coefficient (Wildman–Crippen LogP) is 3.98. The van der Waals surface area contributed by atoms with Crippen LogP contribution < -0.4 is 16.4 Å². The van der Waals surface area contributed by atoms with Crippen LogP contribution in [0.25, 0.3) is 0 Å². The number of aliphatic carboxylic acids is 1. The van der Waals surface area contributed by atoms with Gasteiger partial charge in [0.15, 0.2) is 0 Å². The van der Waals surface area contributed by atoms with Gasteiger partial charge < -0.3 is 21.5 Å². The molecule has 0 heterocycles. The Morgan fingerprint density at radius 2 is 1.71 bits per heavy atom. The fourth-order valence-corrected chi connectivity index (χ4v) is 3.21. The van der Waals surface area contributed by atoms with Gasteiger partial charge in [0.25, 0.3) is 0 Å². The van der Waals surface area contributed by atoms with Gasteiger partial charge in [0.2, 0.25) is 5.91 Å². The van der Waals surface area contributed by atoms with Crippen LogP contribution in [0, 0.1) is 0 Å². The number of carboxylic acids is 1. The number of amides is 1. The molecule has 28 heavy (non-hydrogen) atoms. The van der Waals surface area contributed by atoms with Crippen LogP contribution in [-0.2, 0) is 16.0 Å². The van der Waals surface area contributed by atoms with Gasteiger partial charge in [-0.15, -0.1) is 0 Å². The Morgan fingerprint density at radius 1 is 1.04 bits per heavy atom. The number of nitrogens with one attached hydrogen (secondary N) is 2. The number of para-hydroxylation sites is 2. The molecular weight excluding hydrogens is 401 g/mol. The standard InChI is InChI=1S/C20H23Cl2N3O3/c21-14-7-5-8-15(22)19(14)25-16-9-2-1-6-13(16)12-18(26)24-17(20(27)28)10-3-4-11-23/h1-2,5-9,17,25H,3-4,10-12,23H2,(H,24,26)(H,27,28)/t17-/m1/s1. The number of carbonyl (C=O) groups is 2. The van der Waals surface area contributed by atoms with Crippen molar-refractivity contribution in [1.29, 1.82) is 0 Å². The maximum absolute atomic E-state index is 12.4. The number of unbranched alkanes of at least 4 members (excludes halogenated alkanes) is 1. The second-order valence-electron chi connectivity index (χ2n) is 6.30. The van der Waals surface area contributed by atoms with Gasteiger partial charge in [-0.3, -0.25) is 4.79 Å². The molecule has 1 amide bonds. The van der Waals surface area contributed by atoms with Crippen LogP contribution in [0.15, 0.2) is 42.5 Å². The number of anilines is 2. The minimum absolute atomic E-state index is 0.0198. The number of halogens is 2. The Balaban J connectivity index is 2.09. The van der Waals surface area contributed by atoms with Crippen molar-refractivity contribution in [3.63, 3.8) is 0 Å². The van der Waals surface area contributed by atoms with Crippen LogP contribution in [0.5, 0.6) is 0 Å². The molecule has 0 aliphatic rings. The molecule has 8 heteroatoms. The maximum atomic E-state index is 12.4. The van der Waals surface area contributed by atoms with Crippen LogP contribution in [-0.4, -0.2) is 29.6 Å². The van der Waals surface area contributed by atoms with E-state index < -0.39 is 12.0 Å². The van der Waals surface area contributed by atoms with Crippen molar-refractivity contribution < 1.29 is 14.7 Å². The molecule has 6 nitrogen and oxygen atoms in total. The Kier molecular flexibility index (Phi) is 8.57. The second kappa shape index (κ2) is 10.9. The highest BCUT2D eigenvalue weighted by atomic mass is 35.5. The highest BCUT2D eigenvalue weighted by molar-refractivity contribution is 6.39. The zero-order chi connectivity index (χ0) is 20.5. The van der Waals surface area contributed by atoms with Crippen LogP contribution in [0.2, 0.25) is 10.0 Å². The number of carboxylic acid groups (broad SMARTS) is 1. The molecule has 0 saturated heterocycles. The van der Waals surface area contributed by atoms with E-state index in [1.54, 1.807) is 36.4 Å². The molecule has 0 aliphatic carbocycles. The first-order valence-corrected chi connectivity index (χ1v) is 9.69. The van der Waals surface area contributed by atoms with Crippen molar-refractivity contribution in [2.24, 2.45) is 5.73 Å². The van der Waals surface area contributed by atoms with Gasteiger partial charge in [-0.2, -0.15) is 0 Å². The number of hydrogen-bond acceptors (Lipinski definition) is 4. The summed E-state index contributed by atoms with van der Waals surface area (Å²) in [6.07, 6.45) is 1.71. The van der Waals surface area contributed by atoms with Crippen LogP contribution >= 0.6 is 23.2 Å². The summed E-state index contributed by atoms with van der Waals surface area (Å²) in [6.45, 7) is 0.490. The molecule has 1 atom stereocenters. The third kappa shape index (κ3) is 6.41. The number of hydrogen-bond donors (Lipinski definition) is 4. The van der Waals surface area contributed by atoms with E-state index in [1.165, 1.54) is 0 Å². The first kappa shape index (κ1) is 22.0. The van der Waals surface area contributed by atoms with Crippen molar-refractivity contribution in [3.8, 4) is 0 Å². The Hall–Kier alpha value is -2.28. The third-order valence-corrected chi connectivity index (χ3v) is 4.80. The fourth-order valence-electron chi connectivity index (χ4n) is 2.72. The van der Waals surface area contributed by atoms with Crippen LogP contribution in [0.1, 0.15) is 24.8 Å². The van der Waals surface area contributed by atoms with E-state index in [9.17, 15) is 14.7 Å². The fraction of sp³-hybridized carbons (Fsp3) is 0.300. The number of rotatable bonds is 10. The molecule has 0 fully saturated rings. The summed E-state index contributed by atoms with van der Waals surface area (Å²) in [7, 11) is 0. The highest BCUT2D eigenvalue weighted by Gasteiger charge is 2.20. The molecule has 0 aromatic heterocycles. The Bertz CT molecular complexity index is 810. The maximum Gasteiger partial charge on any atom is 0.326 e. The first-order valence-electron chi connectivity index (χ1n) is 8.93. The van der Waals surface area contributed by atoms with E-state index in [0.29, 0.717) is 52.8 Å². The van der Waals surface area contributed by atoms with E-state index in [0.717, 1.165) is 0 Å². The van der Waals surface area contributed by atoms with Crippen molar-refractivity contribution in [3.05, 3.63) is 58.1 Å². The van der Waals surface area contributed by atoms with Crippen molar-refractivity contribution in [1.82, 2.24) is 5.32 Å². The van der Waals surface area contributed by atoms with Crippen molar-refractivity contribution >= 4 is 46.5 Å². The predicted molar refractivity (Wildman–Crippen MR) is 112 cm³/mol. The molecule has 0 saturated carbocycles. The van der Waals surface area contributed by atoms with Gasteiger partial charge in [-0.05, 0) is 49.6 Å². The third-order valence-electron chi connectivity index (χ3n) is 4.17. The first-order chi connectivity index (χ1) is 13.4. The van der Waals surface area contributed by atoms with Gasteiger partial charge in [0.05, 0.1) is 22.2 Å². The zero-order valence-electron chi connectivity index (χ0n) is 15.3. The van der Waals surface area contributed by atoms with Gasteiger partial charge in [0.1, 0.15) is 6.04 Å². The molecule has 0 spiro atoms. The molecule has 2 aromatic carbocycles. The number of carbonyl (C=O) groups excluding carboxylic acids is 1. The molecule has 0 unspecified atom stereocenters. The summed E-state index contributed by atoms with van der Waals surface area (Å²) in [5.74, 6) is -1.43. The lowest BCUT2D eigenvalue weighted by Crippen LogP contribution is -2.41. The monoisotopic (exact) mass is 423 g/mol.